The van der Waals surface area contributed by atoms with Crippen LogP contribution in [0, 0.1) is 0 Å². The van der Waals surface area contributed by atoms with E-state index in [0.29, 0.717) is 83.3 Å². The van der Waals surface area contributed by atoms with Crippen LogP contribution in [0.25, 0.3) is 0 Å². The Morgan fingerprint density at radius 1 is 0.635 bits per heavy atom. The highest BCUT2D eigenvalue weighted by Crippen LogP contribution is 2.41. The fourth-order valence-corrected chi connectivity index (χ4v) is 6.38. The van der Waals surface area contributed by atoms with Gasteiger partial charge in [0, 0.05) is 12.8 Å². The van der Waals surface area contributed by atoms with Crippen LogP contribution in [0.2, 0.25) is 0 Å². The molecular weight excluding hydrogens is 731 g/mol. The highest BCUT2D eigenvalue weighted by atomic mass is 79.9. The molecule has 1 saturated heterocycles. The molecule has 4 aromatic carbocycles. The number of benzene rings is 4. The van der Waals surface area contributed by atoms with Crippen molar-refractivity contribution in [3.63, 3.8) is 0 Å². The van der Waals surface area contributed by atoms with Gasteiger partial charge in [0.1, 0.15) is 52.2 Å². The predicted molar refractivity (Wildman–Crippen MR) is 200 cm³/mol. The Bertz CT molecular complexity index is 1910. The number of fused-ring (bicyclic) bond motifs is 2. The molecule has 0 amide bonds. The molecule has 0 atom stereocenters. The second-order valence-electron chi connectivity index (χ2n) is 13.5. The molecule has 0 saturated carbocycles. The molecular formula is C40H42BBrO10. The van der Waals surface area contributed by atoms with E-state index in [1.54, 1.807) is 38.5 Å². The van der Waals surface area contributed by atoms with E-state index < -0.39 is 18.3 Å². The third-order valence-electron chi connectivity index (χ3n) is 9.57. The zero-order valence-electron chi connectivity index (χ0n) is 30.2. The van der Waals surface area contributed by atoms with Gasteiger partial charge in [-0.3, -0.25) is 9.59 Å². The molecule has 7 rings (SSSR count). The molecule has 12 heteroatoms. The Kier molecular flexibility index (Phi) is 11.2. The van der Waals surface area contributed by atoms with Gasteiger partial charge in [0.2, 0.25) is 0 Å². The van der Waals surface area contributed by atoms with Gasteiger partial charge < -0.3 is 37.7 Å². The number of halogens is 1. The molecule has 0 unspecified atom stereocenters. The summed E-state index contributed by atoms with van der Waals surface area (Å²) in [5, 5.41) is 0. The van der Waals surface area contributed by atoms with Crippen LogP contribution in [0.15, 0.2) is 77.3 Å². The normalized spacial score (nSPS) is 16.7. The predicted octanol–water partition coefficient (Wildman–Crippen LogP) is 7.54. The quantitative estimate of drug-likeness (QED) is 0.158. The molecule has 1 fully saturated rings. The van der Waals surface area contributed by atoms with E-state index in [4.69, 9.17) is 37.7 Å². The molecule has 0 aromatic heterocycles. The van der Waals surface area contributed by atoms with Gasteiger partial charge in [-0.15, -0.1) is 0 Å². The Hall–Kier alpha value is -4.52. The topological polar surface area (TPSA) is 108 Å². The minimum atomic E-state index is -0.693. The lowest BCUT2D eigenvalue weighted by molar-refractivity contribution is 0.00578. The van der Waals surface area contributed by atoms with E-state index in [0.717, 1.165) is 22.6 Å². The first-order valence-electron chi connectivity index (χ1n) is 17.1. The zero-order valence-corrected chi connectivity index (χ0v) is 31.8. The van der Waals surface area contributed by atoms with Crippen molar-refractivity contribution in [2.24, 2.45) is 0 Å². The van der Waals surface area contributed by atoms with Gasteiger partial charge in [0.25, 0.3) is 0 Å². The average Bonchev–Trinajstić information content (AvgIpc) is 3.36. The van der Waals surface area contributed by atoms with Gasteiger partial charge in [-0.05, 0) is 103 Å². The summed E-state index contributed by atoms with van der Waals surface area (Å²) < 4.78 is 47.0. The Balaban J connectivity index is 0.000000187. The van der Waals surface area contributed by atoms with Crippen molar-refractivity contribution in [2.75, 3.05) is 27.4 Å². The summed E-state index contributed by atoms with van der Waals surface area (Å²) in [5.41, 5.74) is 2.76. The lowest BCUT2D eigenvalue weighted by atomic mass is 9.75. The van der Waals surface area contributed by atoms with E-state index in [2.05, 4.69) is 15.9 Å². The van der Waals surface area contributed by atoms with Crippen LogP contribution in [-0.2, 0) is 22.5 Å². The second-order valence-corrected chi connectivity index (χ2v) is 14.3. The molecule has 4 aromatic rings. The van der Waals surface area contributed by atoms with Crippen LogP contribution in [-0.4, -0.2) is 57.3 Å². The Morgan fingerprint density at radius 3 is 1.58 bits per heavy atom. The number of hydrogen-bond donors (Lipinski definition) is 0. The summed E-state index contributed by atoms with van der Waals surface area (Å²) in [6.07, 6.45) is 0.785. The van der Waals surface area contributed by atoms with E-state index in [-0.39, 0.29) is 11.6 Å². The SMILES string of the molecule is COc1ccc(COc2ccc3c(c2B2OC(C)(C)C(C)(C)O2)OCCC3=O)cc1.COc1ccc(COc2ccc3c(c2Br)OCCC3=O)cc1. The van der Waals surface area contributed by atoms with Crippen molar-refractivity contribution in [2.45, 2.75) is 65.0 Å². The lowest BCUT2D eigenvalue weighted by Crippen LogP contribution is -2.41. The third-order valence-corrected chi connectivity index (χ3v) is 10.3. The van der Waals surface area contributed by atoms with Crippen LogP contribution >= 0.6 is 15.9 Å². The third kappa shape index (κ3) is 7.94. The minimum absolute atomic E-state index is 0.0516. The van der Waals surface area contributed by atoms with Crippen LogP contribution in [0.1, 0.15) is 72.4 Å². The highest BCUT2D eigenvalue weighted by molar-refractivity contribution is 9.10. The molecule has 3 aliphatic heterocycles. The number of Topliss-reactive ketones (excluding diaryl/α,β-unsaturated/α-hetero) is 2. The van der Waals surface area contributed by atoms with Crippen molar-refractivity contribution in [3.05, 3.63) is 99.5 Å². The molecule has 52 heavy (non-hydrogen) atoms. The Labute approximate surface area is 312 Å². The summed E-state index contributed by atoms with van der Waals surface area (Å²) in [6.45, 7) is 9.49. The number of carbonyl (C=O) groups is 2. The van der Waals surface area contributed by atoms with E-state index >= 15 is 0 Å². The van der Waals surface area contributed by atoms with E-state index in [1.165, 1.54) is 0 Å². The molecule has 3 aliphatic rings. The maximum atomic E-state index is 12.4. The molecule has 272 valence electrons. The second kappa shape index (κ2) is 15.6. The maximum Gasteiger partial charge on any atom is 0.502 e. The molecule has 0 aliphatic carbocycles. The van der Waals surface area contributed by atoms with Gasteiger partial charge >= 0.3 is 7.12 Å². The summed E-state index contributed by atoms with van der Waals surface area (Å²) in [7, 11) is 2.58. The molecule has 10 nitrogen and oxygen atoms in total. The summed E-state index contributed by atoms with van der Waals surface area (Å²) in [4.78, 5) is 24.3. The number of rotatable bonds is 9. The van der Waals surface area contributed by atoms with Crippen molar-refractivity contribution in [1.82, 2.24) is 0 Å². The number of ketones is 2. The van der Waals surface area contributed by atoms with Gasteiger partial charge in [-0.2, -0.15) is 0 Å². The smallest absolute Gasteiger partial charge is 0.497 e. The first-order chi connectivity index (χ1) is 24.9. The number of methoxy groups -OCH3 is 2. The first kappa shape index (κ1) is 37.2. The highest BCUT2D eigenvalue weighted by Gasteiger charge is 2.54. The van der Waals surface area contributed by atoms with Crippen molar-refractivity contribution < 1.29 is 47.3 Å². The van der Waals surface area contributed by atoms with Gasteiger partial charge in [-0.1, -0.05) is 24.3 Å². The van der Waals surface area contributed by atoms with Crippen LogP contribution < -0.4 is 33.9 Å². The number of carbonyl (C=O) groups excluding carboxylic acids is 2. The Morgan fingerprint density at radius 2 is 1.08 bits per heavy atom. The van der Waals surface area contributed by atoms with Gasteiger partial charge in [0.15, 0.2) is 11.6 Å². The average molecular weight is 773 g/mol. The van der Waals surface area contributed by atoms with Crippen molar-refractivity contribution in [1.29, 1.82) is 0 Å². The fraction of sp³-hybridized carbons (Fsp3) is 0.350. The monoisotopic (exact) mass is 772 g/mol. The lowest BCUT2D eigenvalue weighted by Gasteiger charge is -2.32. The van der Waals surface area contributed by atoms with Crippen LogP contribution in [0.3, 0.4) is 0 Å². The van der Waals surface area contributed by atoms with Gasteiger partial charge in [-0.25, -0.2) is 0 Å². The summed E-state index contributed by atoms with van der Waals surface area (Å²) in [6, 6.07) is 22.5. The largest absolute Gasteiger partial charge is 0.502 e. The maximum absolute atomic E-state index is 12.4. The molecule has 0 bridgehead atoms. The number of hydrogen-bond acceptors (Lipinski definition) is 10. The van der Waals surface area contributed by atoms with Crippen LogP contribution in [0.5, 0.6) is 34.5 Å². The zero-order chi connectivity index (χ0) is 37.0. The van der Waals surface area contributed by atoms with Crippen molar-refractivity contribution >= 4 is 40.1 Å². The van der Waals surface area contributed by atoms with E-state index in [1.807, 2.05) is 76.2 Å². The van der Waals surface area contributed by atoms with E-state index in [9.17, 15) is 9.59 Å². The molecule has 0 N–H and O–H groups in total. The standard InChI is InChI=1S/C23H27BO6.C17H15BrO4/c1-22(2)23(3,4)30-24(29-22)20-19(11-10-17-18(25)12-13-27-21(17)20)28-14-15-6-8-16(26-5)9-7-15;1-20-12-4-2-11(3-5-12)10-22-15-7-6-13-14(19)8-9-21-17(13)16(15)18/h6-11H,12-14H2,1-5H3;2-7H,8-10H2,1H3. The summed E-state index contributed by atoms with van der Waals surface area (Å²) >= 11 is 3.47. The first-order valence-corrected chi connectivity index (χ1v) is 17.9. The molecule has 0 radical (unpaired) electrons. The van der Waals surface area contributed by atoms with Gasteiger partial charge in [0.05, 0.1) is 55.2 Å². The molecule has 0 spiro atoms. The minimum Gasteiger partial charge on any atom is -0.497 e. The fourth-order valence-electron chi connectivity index (χ4n) is 5.80. The number of ether oxygens (including phenoxy) is 6. The summed E-state index contributed by atoms with van der Waals surface area (Å²) in [5.74, 6) is 4.06. The van der Waals surface area contributed by atoms with Crippen molar-refractivity contribution in [3.8, 4) is 34.5 Å². The van der Waals surface area contributed by atoms with Crippen LogP contribution in [0.4, 0.5) is 0 Å². The molecule has 3 heterocycles.